The number of esters is 1. The van der Waals surface area contributed by atoms with Gasteiger partial charge in [0.05, 0.1) is 12.6 Å². The van der Waals surface area contributed by atoms with Gasteiger partial charge in [0.2, 0.25) is 11.7 Å². The molecular formula is C33H45FN2O6. The molecule has 42 heavy (non-hydrogen) atoms. The lowest BCUT2D eigenvalue weighted by Crippen LogP contribution is -2.48. The zero-order valence-corrected chi connectivity index (χ0v) is 24.5. The van der Waals surface area contributed by atoms with Crippen molar-refractivity contribution in [2.45, 2.75) is 89.1 Å². The molecule has 0 radical (unpaired) electrons. The van der Waals surface area contributed by atoms with Gasteiger partial charge < -0.3 is 24.9 Å². The first-order chi connectivity index (χ1) is 20.4. The summed E-state index contributed by atoms with van der Waals surface area (Å²) < 4.78 is 23.9. The molecule has 230 valence electrons. The summed E-state index contributed by atoms with van der Waals surface area (Å²) in [6.45, 7) is 0.128. The molecule has 0 unspecified atom stereocenters. The van der Waals surface area contributed by atoms with Gasteiger partial charge in [0.15, 0.2) is 5.78 Å². The highest BCUT2D eigenvalue weighted by Gasteiger charge is 2.46. The van der Waals surface area contributed by atoms with Crippen LogP contribution in [0.15, 0.2) is 28.7 Å². The molecule has 2 aromatic rings. The summed E-state index contributed by atoms with van der Waals surface area (Å²) in [5.74, 6) is 0.254. The third-order valence-electron chi connectivity index (χ3n) is 9.91. The van der Waals surface area contributed by atoms with Crippen LogP contribution in [0.5, 0.6) is 0 Å². The van der Waals surface area contributed by atoms with Crippen LogP contribution in [0.1, 0.15) is 86.7 Å². The van der Waals surface area contributed by atoms with Gasteiger partial charge in [-0.25, -0.2) is 9.18 Å². The molecule has 1 aromatic carbocycles. The molecule has 2 heterocycles. The number of likely N-dealkylation sites (tertiary alicyclic amines) is 1. The van der Waals surface area contributed by atoms with E-state index in [2.05, 4.69) is 0 Å². The van der Waals surface area contributed by atoms with E-state index in [0.29, 0.717) is 42.7 Å². The molecule has 3 fully saturated rings. The molecule has 0 spiro atoms. The molecule has 3 aliphatic rings. The molecule has 3 atom stereocenters. The zero-order chi connectivity index (χ0) is 29.6. The van der Waals surface area contributed by atoms with Crippen LogP contribution in [0.25, 0.3) is 11.0 Å². The first-order valence-corrected chi connectivity index (χ1v) is 15.8. The summed E-state index contributed by atoms with van der Waals surface area (Å²) in [6, 6.07) is 6.21. The van der Waals surface area contributed by atoms with Crippen LogP contribution in [0.2, 0.25) is 0 Å². The fraction of sp³-hybridized carbons (Fsp3) is 0.667. The van der Waals surface area contributed by atoms with E-state index in [0.717, 1.165) is 37.7 Å². The number of hydrogen-bond acceptors (Lipinski definition) is 7. The lowest BCUT2D eigenvalue weighted by molar-refractivity contribution is -0.143. The van der Waals surface area contributed by atoms with E-state index in [4.69, 9.17) is 20.0 Å². The highest BCUT2D eigenvalue weighted by Crippen LogP contribution is 2.41. The van der Waals surface area contributed by atoms with Crippen LogP contribution in [-0.4, -0.2) is 66.2 Å². The minimum atomic E-state index is -0.589. The number of benzene rings is 1. The highest BCUT2D eigenvalue weighted by atomic mass is 19.1. The molecule has 0 bridgehead atoms. The van der Waals surface area contributed by atoms with Gasteiger partial charge >= 0.3 is 5.97 Å². The average Bonchev–Trinajstić information content (AvgIpc) is 3.66. The van der Waals surface area contributed by atoms with Crippen LogP contribution in [0, 0.1) is 23.7 Å². The van der Waals surface area contributed by atoms with Crippen LogP contribution in [0.4, 0.5) is 4.39 Å². The Morgan fingerprint density at radius 3 is 2.52 bits per heavy atom. The van der Waals surface area contributed by atoms with Crippen LogP contribution in [0.3, 0.4) is 0 Å². The van der Waals surface area contributed by atoms with Crippen LogP contribution in [-0.2, 0) is 20.7 Å². The maximum atomic E-state index is 14.1. The van der Waals surface area contributed by atoms with Crippen molar-refractivity contribution >= 4 is 28.6 Å². The number of carbonyl (C=O) groups excluding carboxylic acids is 3. The van der Waals surface area contributed by atoms with Gasteiger partial charge in [0, 0.05) is 43.3 Å². The van der Waals surface area contributed by atoms with E-state index < -0.39 is 24.7 Å². The number of carbonyl (C=O) groups is 3. The Kier molecular flexibility index (Phi) is 10.3. The Labute approximate surface area is 247 Å². The predicted molar refractivity (Wildman–Crippen MR) is 156 cm³/mol. The lowest BCUT2D eigenvalue weighted by atomic mass is 9.75. The quantitative estimate of drug-likeness (QED) is 0.282. The first-order valence-electron chi connectivity index (χ1n) is 15.8. The highest BCUT2D eigenvalue weighted by molar-refractivity contribution is 5.94. The minimum absolute atomic E-state index is 0.0628. The average molecular weight is 585 g/mol. The maximum absolute atomic E-state index is 14.1. The normalized spacial score (nSPS) is 25.9. The van der Waals surface area contributed by atoms with E-state index in [9.17, 15) is 18.8 Å². The predicted octanol–water partition coefficient (Wildman–Crippen LogP) is 4.98. The first kappa shape index (κ1) is 30.7. The molecular weight excluding hydrogens is 539 g/mol. The second-order valence-corrected chi connectivity index (χ2v) is 12.6. The number of aliphatic hydroxyl groups is 1. The third-order valence-corrected chi connectivity index (χ3v) is 9.91. The molecule has 2 aliphatic carbocycles. The molecule has 1 aromatic heterocycles. The molecule has 3 N–H and O–H groups in total. The topological polar surface area (TPSA) is 123 Å². The summed E-state index contributed by atoms with van der Waals surface area (Å²) in [5, 5.41) is 9.61. The van der Waals surface area contributed by atoms with E-state index >= 15 is 0 Å². The zero-order valence-electron chi connectivity index (χ0n) is 24.5. The lowest BCUT2D eigenvalue weighted by Gasteiger charge is -2.37. The van der Waals surface area contributed by atoms with E-state index in [1.165, 1.54) is 19.3 Å². The van der Waals surface area contributed by atoms with Crippen molar-refractivity contribution in [3.05, 3.63) is 35.6 Å². The smallest absolute Gasteiger partial charge is 0.374 e. The number of Topliss-reactive ketones (excluding diaryl/α,β-unsaturated/α-hetero) is 1. The number of ketones is 1. The minimum Gasteiger partial charge on any atom is -0.460 e. The van der Waals surface area contributed by atoms with Crippen molar-refractivity contribution in [1.82, 2.24) is 4.90 Å². The van der Waals surface area contributed by atoms with Crippen molar-refractivity contribution in [2.24, 2.45) is 29.4 Å². The van der Waals surface area contributed by atoms with Gasteiger partial charge in [-0.3, -0.25) is 9.59 Å². The molecule has 8 nitrogen and oxygen atoms in total. The summed E-state index contributed by atoms with van der Waals surface area (Å²) in [6.07, 6.45) is 10.1. The van der Waals surface area contributed by atoms with E-state index in [1.807, 2.05) is 17.0 Å². The van der Waals surface area contributed by atoms with Gasteiger partial charge in [-0.2, -0.15) is 0 Å². The van der Waals surface area contributed by atoms with Crippen molar-refractivity contribution in [1.29, 1.82) is 0 Å². The van der Waals surface area contributed by atoms with Crippen LogP contribution >= 0.6 is 0 Å². The van der Waals surface area contributed by atoms with Crippen LogP contribution < -0.4 is 5.73 Å². The number of furan rings is 1. The summed E-state index contributed by atoms with van der Waals surface area (Å²) in [4.78, 5) is 42.1. The third kappa shape index (κ3) is 6.88. The van der Waals surface area contributed by atoms with Crippen molar-refractivity contribution in [3.8, 4) is 0 Å². The van der Waals surface area contributed by atoms with Crippen molar-refractivity contribution < 1.29 is 33.0 Å². The summed E-state index contributed by atoms with van der Waals surface area (Å²) in [5.41, 5.74) is 7.29. The Hall–Kier alpha value is -2.78. The molecule has 1 amide bonds. The number of halogens is 1. The fourth-order valence-electron chi connectivity index (χ4n) is 7.60. The maximum Gasteiger partial charge on any atom is 0.374 e. The second kappa shape index (κ2) is 14.1. The monoisotopic (exact) mass is 584 g/mol. The molecule has 1 aliphatic heterocycles. The Morgan fingerprint density at radius 2 is 1.81 bits per heavy atom. The van der Waals surface area contributed by atoms with Crippen molar-refractivity contribution in [3.63, 3.8) is 0 Å². The number of nitrogens with two attached hydrogens (primary N) is 1. The van der Waals surface area contributed by atoms with Gasteiger partial charge in [0.25, 0.3) is 0 Å². The fourth-order valence-corrected chi connectivity index (χ4v) is 7.60. The number of alkyl halides is 1. The van der Waals surface area contributed by atoms with E-state index in [1.54, 1.807) is 12.1 Å². The Bertz CT molecular complexity index is 1230. The second-order valence-electron chi connectivity index (χ2n) is 12.6. The van der Waals surface area contributed by atoms with Crippen molar-refractivity contribution in [2.75, 3.05) is 26.4 Å². The number of nitrogens with zero attached hydrogens (tertiary/aromatic N) is 1. The number of fused-ring (bicyclic) bond motifs is 1. The van der Waals surface area contributed by atoms with Gasteiger partial charge in [-0.1, -0.05) is 38.2 Å². The van der Waals surface area contributed by atoms with Gasteiger partial charge in [0.1, 0.15) is 12.3 Å². The number of ether oxygens (including phenoxy) is 1. The Morgan fingerprint density at radius 1 is 1.05 bits per heavy atom. The number of amides is 1. The molecule has 1 saturated heterocycles. The number of rotatable bonds is 11. The van der Waals surface area contributed by atoms with E-state index in [-0.39, 0.29) is 54.8 Å². The summed E-state index contributed by atoms with van der Waals surface area (Å²) >= 11 is 0. The molecule has 2 saturated carbocycles. The standard InChI is InChI=1S/C33H45FN2O6/c34-20-27(35)23-8-10-24(11-9-23)32(39)36-14-13-26(22-5-2-1-3-6-22)31(36)28(38)18-21-7-12-29-25(17-21)19-30(42-29)33(40)41-16-4-15-37/h7,12,17,19,22-24,26-27,31,37H,1-6,8-11,13-16,18,20,35H2/t23?,24?,26-,27+,31-/m0/s1. The number of aliphatic hydroxyl groups excluding tert-OH is 1. The summed E-state index contributed by atoms with van der Waals surface area (Å²) in [7, 11) is 0. The molecule has 9 heteroatoms. The SMILES string of the molecule is N[C@H](CF)C1CCC(C(=O)N2CC[C@@H](C3CCCCC3)[C@H]2C(=O)Cc2ccc3oc(C(=O)OCCCO)cc3c2)CC1. The number of hydrogen-bond donors (Lipinski definition) is 2. The Balaban J connectivity index is 1.30. The largest absolute Gasteiger partial charge is 0.460 e. The van der Waals surface area contributed by atoms with Gasteiger partial charge in [-0.15, -0.1) is 0 Å². The molecule has 5 rings (SSSR count). The van der Waals surface area contributed by atoms with Gasteiger partial charge in [-0.05, 0) is 73.6 Å².